The van der Waals surface area contributed by atoms with E-state index in [-0.39, 0.29) is 24.0 Å². The highest BCUT2D eigenvalue weighted by atomic mass is 127. The number of aliphatic imine (C=N–C) groups is 1. The minimum absolute atomic E-state index is 0. The monoisotopic (exact) mass is 408 g/mol. The van der Waals surface area contributed by atoms with Crippen LogP contribution in [0, 0.1) is 5.41 Å². The maximum atomic E-state index is 4.20. The van der Waals surface area contributed by atoms with Crippen molar-refractivity contribution < 1.29 is 0 Å². The van der Waals surface area contributed by atoms with E-state index in [0.29, 0.717) is 12.0 Å². The molecule has 122 valence electrons. The lowest BCUT2D eigenvalue weighted by Crippen LogP contribution is -2.37. The molecule has 0 atom stereocenters. The third-order valence-electron chi connectivity index (χ3n) is 3.09. The standard InChI is InChI=1S/C14H28N6.HI/c1-14(2,3)8-6-7-9-16-13(15-4)17-10-12-18-11-19-20(12)5;/h11H,6-10H2,1-5H3,(H2,15,16,17);1H. The predicted molar refractivity (Wildman–Crippen MR) is 97.9 cm³/mol. The minimum atomic E-state index is 0. The summed E-state index contributed by atoms with van der Waals surface area (Å²) >= 11 is 0. The Morgan fingerprint density at radius 1 is 1.29 bits per heavy atom. The summed E-state index contributed by atoms with van der Waals surface area (Å²) in [7, 11) is 3.66. The van der Waals surface area contributed by atoms with E-state index in [4.69, 9.17) is 0 Å². The van der Waals surface area contributed by atoms with Gasteiger partial charge < -0.3 is 10.6 Å². The number of nitrogens with one attached hydrogen (secondary N) is 2. The molecule has 0 amide bonds. The third-order valence-corrected chi connectivity index (χ3v) is 3.09. The fraction of sp³-hybridized carbons (Fsp3) is 0.786. The highest BCUT2D eigenvalue weighted by Crippen LogP contribution is 2.21. The maximum Gasteiger partial charge on any atom is 0.191 e. The molecule has 0 aliphatic heterocycles. The number of guanidine groups is 1. The minimum Gasteiger partial charge on any atom is -0.356 e. The van der Waals surface area contributed by atoms with Crippen LogP contribution >= 0.6 is 24.0 Å². The first-order valence-corrected chi connectivity index (χ1v) is 7.20. The van der Waals surface area contributed by atoms with E-state index < -0.39 is 0 Å². The zero-order chi connectivity index (χ0) is 15.0. The van der Waals surface area contributed by atoms with Crippen LogP contribution in [0.4, 0.5) is 0 Å². The van der Waals surface area contributed by atoms with Crippen LogP contribution in [-0.2, 0) is 13.6 Å². The molecule has 1 heterocycles. The number of nitrogens with zero attached hydrogens (tertiary/aromatic N) is 4. The van der Waals surface area contributed by atoms with Crippen LogP contribution in [-0.4, -0.2) is 34.3 Å². The molecule has 1 aromatic heterocycles. The number of unbranched alkanes of at least 4 members (excludes halogenated alkanes) is 1. The summed E-state index contributed by atoms with van der Waals surface area (Å²) in [5.74, 6) is 1.70. The molecule has 6 nitrogen and oxygen atoms in total. The van der Waals surface area contributed by atoms with Crippen LogP contribution in [0.1, 0.15) is 45.9 Å². The van der Waals surface area contributed by atoms with Crippen molar-refractivity contribution in [3.05, 3.63) is 12.2 Å². The van der Waals surface area contributed by atoms with Gasteiger partial charge in [-0.05, 0) is 18.3 Å². The van der Waals surface area contributed by atoms with Crippen molar-refractivity contribution in [2.45, 2.75) is 46.6 Å². The topological polar surface area (TPSA) is 67.1 Å². The molecule has 0 aromatic carbocycles. The second-order valence-electron chi connectivity index (χ2n) is 6.17. The number of rotatable bonds is 6. The second-order valence-corrected chi connectivity index (χ2v) is 6.17. The summed E-state index contributed by atoms with van der Waals surface area (Å²) in [6, 6.07) is 0. The zero-order valence-electron chi connectivity index (χ0n) is 13.8. The van der Waals surface area contributed by atoms with E-state index >= 15 is 0 Å². The summed E-state index contributed by atoms with van der Waals surface area (Å²) in [4.78, 5) is 8.37. The number of aromatic nitrogens is 3. The molecule has 1 rings (SSSR count). The average molecular weight is 408 g/mol. The van der Waals surface area contributed by atoms with Crippen molar-refractivity contribution in [1.29, 1.82) is 0 Å². The number of halogens is 1. The number of hydrogen-bond donors (Lipinski definition) is 2. The van der Waals surface area contributed by atoms with Gasteiger partial charge in [0.1, 0.15) is 12.2 Å². The molecule has 21 heavy (non-hydrogen) atoms. The molecule has 0 saturated carbocycles. The number of aryl methyl sites for hydroxylation is 1. The Labute approximate surface area is 145 Å². The Hall–Kier alpha value is -0.860. The van der Waals surface area contributed by atoms with Gasteiger partial charge in [-0.1, -0.05) is 27.2 Å². The van der Waals surface area contributed by atoms with Gasteiger partial charge in [0, 0.05) is 20.6 Å². The van der Waals surface area contributed by atoms with Crippen molar-refractivity contribution in [1.82, 2.24) is 25.4 Å². The lowest BCUT2D eigenvalue weighted by atomic mass is 9.90. The van der Waals surface area contributed by atoms with Gasteiger partial charge in [-0.2, -0.15) is 5.10 Å². The maximum absolute atomic E-state index is 4.20. The van der Waals surface area contributed by atoms with Crippen LogP contribution in [0.5, 0.6) is 0 Å². The van der Waals surface area contributed by atoms with Crippen molar-refractivity contribution in [3.63, 3.8) is 0 Å². The summed E-state index contributed by atoms with van der Waals surface area (Å²) in [6.45, 7) is 8.40. The fourth-order valence-corrected chi connectivity index (χ4v) is 1.85. The Morgan fingerprint density at radius 3 is 2.52 bits per heavy atom. The highest BCUT2D eigenvalue weighted by molar-refractivity contribution is 14.0. The normalized spacial score (nSPS) is 12.0. The number of hydrogen-bond acceptors (Lipinski definition) is 3. The summed E-state index contributed by atoms with van der Waals surface area (Å²) < 4.78 is 1.75. The van der Waals surface area contributed by atoms with Gasteiger partial charge in [0.2, 0.25) is 0 Å². The molecule has 0 saturated heterocycles. The van der Waals surface area contributed by atoms with Gasteiger partial charge >= 0.3 is 0 Å². The Kier molecular flexibility index (Phi) is 9.56. The van der Waals surface area contributed by atoms with E-state index in [1.54, 1.807) is 18.1 Å². The molecular formula is C14H29IN6. The van der Waals surface area contributed by atoms with Crippen molar-refractivity contribution in [2.24, 2.45) is 17.5 Å². The molecule has 1 aromatic rings. The third kappa shape index (κ3) is 8.90. The van der Waals surface area contributed by atoms with Gasteiger partial charge in [-0.15, -0.1) is 24.0 Å². The molecule has 0 aliphatic rings. The molecule has 0 radical (unpaired) electrons. The lowest BCUT2D eigenvalue weighted by Gasteiger charge is -2.18. The van der Waals surface area contributed by atoms with Gasteiger partial charge in [0.15, 0.2) is 5.96 Å². The molecule has 0 spiro atoms. The highest BCUT2D eigenvalue weighted by Gasteiger charge is 2.09. The Morgan fingerprint density at radius 2 is 2.00 bits per heavy atom. The quantitative estimate of drug-likeness (QED) is 0.328. The predicted octanol–water partition coefficient (Wildman–Crippen LogP) is 2.31. The first-order chi connectivity index (χ1) is 9.42. The summed E-state index contributed by atoms with van der Waals surface area (Å²) in [5, 5.41) is 10.6. The van der Waals surface area contributed by atoms with Gasteiger partial charge in [-0.25, -0.2) is 4.98 Å². The molecule has 0 unspecified atom stereocenters. The smallest absolute Gasteiger partial charge is 0.191 e. The molecule has 0 bridgehead atoms. The van der Waals surface area contributed by atoms with Crippen LogP contribution in [0.25, 0.3) is 0 Å². The summed E-state index contributed by atoms with van der Waals surface area (Å²) in [5.41, 5.74) is 0.422. The summed E-state index contributed by atoms with van der Waals surface area (Å²) in [6.07, 6.45) is 5.19. The SMILES string of the molecule is CN=C(NCCCCC(C)(C)C)NCc1ncnn1C.I. The first-order valence-electron chi connectivity index (χ1n) is 7.20. The van der Waals surface area contributed by atoms with Gasteiger partial charge in [0.25, 0.3) is 0 Å². The van der Waals surface area contributed by atoms with Crippen LogP contribution in [0.3, 0.4) is 0 Å². The van der Waals surface area contributed by atoms with Crippen molar-refractivity contribution >= 4 is 29.9 Å². The van der Waals surface area contributed by atoms with Crippen LogP contribution in [0.15, 0.2) is 11.3 Å². The zero-order valence-corrected chi connectivity index (χ0v) is 16.1. The molecule has 0 fully saturated rings. The first kappa shape index (κ1) is 20.1. The molecule has 0 aliphatic carbocycles. The van der Waals surface area contributed by atoms with E-state index in [1.807, 2.05) is 7.05 Å². The average Bonchev–Trinajstić information content (AvgIpc) is 2.77. The lowest BCUT2D eigenvalue weighted by molar-refractivity contribution is 0.360. The van der Waals surface area contributed by atoms with Crippen LogP contribution in [0.2, 0.25) is 0 Å². The largest absolute Gasteiger partial charge is 0.356 e. The van der Waals surface area contributed by atoms with E-state index in [9.17, 15) is 0 Å². The van der Waals surface area contributed by atoms with E-state index in [2.05, 4.69) is 46.5 Å². The fourth-order valence-electron chi connectivity index (χ4n) is 1.85. The van der Waals surface area contributed by atoms with Crippen LogP contribution < -0.4 is 10.6 Å². The molecule has 2 N–H and O–H groups in total. The van der Waals surface area contributed by atoms with Gasteiger partial charge in [-0.3, -0.25) is 9.67 Å². The Bertz CT molecular complexity index is 421. The molecule has 7 heteroatoms. The van der Waals surface area contributed by atoms with Crippen molar-refractivity contribution in [2.75, 3.05) is 13.6 Å². The van der Waals surface area contributed by atoms with E-state index in [1.165, 1.54) is 12.8 Å². The second kappa shape index (κ2) is 9.97. The van der Waals surface area contributed by atoms with Crippen molar-refractivity contribution in [3.8, 4) is 0 Å². The molecular weight excluding hydrogens is 379 g/mol. The van der Waals surface area contributed by atoms with Gasteiger partial charge in [0.05, 0.1) is 6.54 Å². The Balaban J connectivity index is 0.00000400. The van der Waals surface area contributed by atoms with E-state index in [0.717, 1.165) is 24.7 Å².